The van der Waals surface area contributed by atoms with Gasteiger partial charge >= 0.3 is 0 Å². The van der Waals surface area contributed by atoms with Crippen LogP contribution in [-0.2, 0) is 16.4 Å². The normalized spacial score (nSPS) is 20.7. The summed E-state index contributed by atoms with van der Waals surface area (Å²) in [5.74, 6) is 0. The standard InChI is InChI=1S/C13H18N4O2S2/c1-21(18,19)12-7-15-16-13(12)11-4-2-3-5-17(11)8-10-6-14-9-20-10/h6-7,9,11H,2-5,8H2,1H3,(H,15,16)/t11-/m1/s1. The molecule has 2 aromatic rings. The van der Waals surface area contributed by atoms with Crippen LogP contribution >= 0.6 is 11.3 Å². The van der Waals surface area contributed by atoms with Crippen LogP contribution in [0.3, 0.4) is 0 Å². The Morgan fingerprint density at radius 2 is 2.29 bits per heavy atom. The maximum Gasteiger partial charge on any atom is 0.178 e. The highest BCUT2D eigenvalue weighted by Crippen LogP contribution is 2.34. The van der Waals surface area contributed by atoms with Crippen molar-refractivity contribution in [2.75, 3.05) is 12.8 Å². The topological polar surface area (TPSA) is 79.0 Å². The molecule has 1 aliphatic rings. The molecule has 1 saturated heterocycles. The second kappa shape index (κ2) is 5.86. The van der Waals surface area contributed by atoms with E-state index < -0.39 is 9.84 Å². The summed E-state index contributed by atoms with van der Waals surface area (Å²) in [6, 6.07) is 0.0769. The Hall–Kier alpha value is -1.25. The van der Waals surface area contributed by atoms with Crippen LogP contribution in [0.4, 0.5) is 0 Å². The summed E-state index contributed by atoms with van der Waals surface area (Å²) in [5, 5.41) is 6.86. The summed E-state index contributed by atoms with van der Waals surface area (Å²) < 4.78 is 23.8. The quantitative estimate of drug-likeness (QED) is 0.929. The van der Waals surface area contributed by atoms with Crippen molar-refractivity contribution < 1.29 is 8.42 Å². The number of hydrogen-bond donors (Lipinski definition) is 1. The summed E-state index contributed by atoms with van der Waals surface area (Å²) in [7, 11) is -3.26. The lowest BCUT2D eigenvalue weighted by Gasteiger charge is -2.35. The number of hydrogen-bond acceptors (Lipinski definition) is 6. The zero-order valence-electron chi connectivity index (χ0n) is 11.8. The van der Waals surface area contributed by atoms with Gasteiger partial charge in [0.1, 0.15) is 4.90 Å². The Balaban J connectivity index is 1.89. The molecule has 0 amide bonds. The van der Waals surface area contributed by atoms with E-state index in [1.54, 1.807) is 11.3 Å². The number of nitrogens with one attached hydrogen (secondary N) is 1. The first-order valence-corrected chi connectivity index (χ1v) is 9.67. The molecule has 0 bridgehead atoms. The third kappa shape index (κ3) is 3.17. The van der Waals surface area contributed by atoms with Crippen LogP contribution in [0, 0.1) is 0 Å². The Morgan fingerprint density at radius 3 is 3.00 bits per heavy atom. The zero-order chi connectivity index (χ0) is 14.9. The predicted octanol–water partition coefficient (Wildman–Crippen LogP) is 2.00. The van der Waals surface area contributed by atoms with Gasteiger partial charge in [-0.3, -0.25) is 15.0 Å². The summed E-state index contributed by atoms with van der Waals surface area (Å²) in [6.45, 7) is 1.77. The maximum atomic E-state index is 11.9. The Kier molecular flexibility index (Phi) is 4.10. The Bertz CT molecular complexity index is 694. The van der Waals surface area contributed by atoms with Gasteiger partial charge in [-0.05, 0) is 19.4 Å². The van der Waals surface area contributed by atoms with E-state index >= 15 is 0 Å². The van der Waals surface area contributed by atoms with E-state index in [1.807, 2.05) is 11.7 Å². The van der Waals surface area contributed by atoms with Gasteiger partial charge in [0.05, 0.1) is 23.4 Å². The second-order valence-corrected chi connectivity index (χ2v) is 8.32. The molecule has 0 aromatic carbocycles. The number of H-pyrrole nitrogens is 1. The van der Waals surface area contributed by atoms with Gasteiger partial charge in [0.2, 0.25) is 0 Å². The van der Waals surface area contributed by atoms with Gasteiger partial charge in [-0.25, -0.2) is 8.42 Å². The second-order valence-electron chi connectivity index (χ2n) is 5.37. The first-order chi connectivity index (χ1) is 10.1. The smallest absolute Gasteiger partial charge is 0.178 e. The first-order valence-electron chi connectivity index (χ1n) is 6.90. The molecule has 3 rings (SSSR count). The van der Waals surface area contributed by atoms with Gasteiger partial charge in [0.15, 0.2) is 9.84 Å². The van der Waals surface area contributed by atoms with Crippen molar-refractivity contribution in [3.05, 3.63) is 28.5 Å². The van der Waals surface area contributed by atoms with Gasteiger partial charge in [0.25, 0.3) is 0 Å². The van der Waals surface area contributed by atoms with Crippen LogP contribution in [0.5, 0.6) is 0 Å². The number of sulfone groups is 1. The van der Waals surface area contributed by atoms with Crippen LogP contribution in [0.25, 0.3) is 0 Å². The summed E-state index contributed by atoms with van der Waals surface area (Å²) in [6.07, 6.45) is 7.72. The Labute approximate surface area is 128 Å². The Morgan fingerprint density at radius 1 is 1.43 bits per heavy atom. The van der Waals surface area contributed by atoms with Crippen molar-refractivity contribution in [2.45, 2.75) is 36.7 Å². The zero-order valence-corrected chi connectivity index (χ0v) is 13.5. The molecule has 0 radical (unpaired) electrons. The predicted molar refractivity (Wildman–Crippen MR) is 80.8 cm³/mol. The maximum absolute atomic E-state index is 11.9. The third-order valence-electron chi connectivity index (χ3n) is 3.82. The lowest BCUT2D eigenvalue weighted by Crippen LogP contribution is -2.33. The molecule has 0 saturated carbocycles. The molecule has 1 N–H and O–H groups in total. The van der Waals surface area contributed by atoms with E-state index in [9.17, 15) is 8.42 Å². The fourth-order valence-electron chi connectivity index (χ4n) is 2.85. The van der Waals surface area contributed by atoms with Crippen LogP contribution in [0.15, 0.2) is 22.8 Å². The molecule has 114 valence electrons. The molecule has 6 nitrogen and oxygen atoms in total. The lowest BCUT2D eigenvalue weighted by molar-refractivity contribution is 0.136. The lowest BCUT2D eigenvalue weighted by atomic mass is 9.99. The first kappa shape index (κ1) is 14.7. The van der Waals surface area contributed by atoms with Crippen molar-refractivity contribution in [1.82, 2.24) is 20.1 Å². The average Bonchev–Trinajstić information content (AvgIpc) is 3.08. The number of thiazole rings is 1. The van der Waals surface area contributed by atoms with Crippen molar-refractivity contribution in [1.29, 1.82) is 0 Å². The van der Waals surface area contributed by atoms with Crippen LogP contribution in [0.1, 0.15) is 35.9 Å². The number of aromatic amines is 1. The highest BCUT2D eigenvalue weighted by molar-refractivity contribution is 7.90. The number of nitrogens with zero attached hydrogens (tertiary/aromatic N) is 3. The minimum atomic E-state index is -3.26. The highest BCUT2D eigenvalue weighted by Gasteiger charge is 2.30. The van der Waals surface area contributed by atoms with Crippen molar-refractivity contribution in [3.8, 4) is 0 Å². The molecule has 1 aliphatic heterocycles. The van der Waals surface area contributed by atoms with Crippen molar-refractivity contribution in [2.24, 2.45) is 0 Å². The van der Waals surface area contributed by atoms with Crippen LogP contribution in [0.2, 0.25) is 0 Å². The molecule has 2 aromatic heterocycles. The van der Waals surface area contributed by atoms with E-state index in [4.69, 9.17) is 0 Å². The van der Waals surface area contributed by atoms with Gasteiger partial charge in [0, 0.05) is 23.9 Å². The fourth-order valence-corrected chi connectivity index (χ4v) is 4.29. The van der Waals surface area contributed by atoms with Gasteiger partial charge in [-0.15, -0.1) is 11.3 Å². The molecule has 1 atom stereocenters. The van der Waals surface area contributed by atoms with E-state index in [-0.39, 0.29) is 6.04 Å². The molecule has 0 aliphatic carbocycles. The van der Waals surface area contributed by atoms with E-state index in [1.165, 1.54) is 17.3 Å². The molecular weight excluding hydrogens is 308 g/mol. The van der Waals surface area contributed by atoms with Crippen molar-refractivity contribution >= 4 is 21.2 Å². The summed E-state index contributed by atoms with van der Waals surface area (Å²) in [5.41, 5.74) is 2.55. The van der Waals surface area contributed by atoms with Gasteiger partial charge < -0.3 is 0 Å². The fraction of sp³-hybridized carbons (Fsp3) is 0.538. The average molecular weight is 326 g/mol. The molecule has 1 fully saturated rings. The minimum Gasteiger partial charge on any atom is -0.290 e. The summed E-state index contributed by atoms with van der Waals surface area (Å²) in [4.78, 5) is 7.95. The van der Waals surface area contributed by atoms with E-state index in [2.05, 4.69) is 20.1 Å². The monoisotopic (exact) mass is 326 g/mol. The molecular formula is C13H18N4O2S2. The largest absolute Gasteiger partial charge is 0.290 e. The molecule has 0 unspecified atom stereocenters. The molecule has 3 heterocycles. The molecule has 8 heteroatoms. The van der Waals surface area contributed by atoms with E-state index in [0.717, 1.165) is 38.0 Å². The summed E-state index contributed by atoms with van der Waals surface area (Å²) >= 11 is 1.63. The highest BCUT2D eigenvalue weighted by atomic mass is 32.2. The number of likely N-dealkylation sites (tertiary alicyclic amines) is 1. The number of aromatic nitrogens is 3. The molecule has 21 heavy (non-hydrogen) atoms. The SMILES string of the molecule is CS(=O)(=O)c1cn[nH]c1[C@H]1CCCCN1Cc1cncs1. The molecule has 0 spiro atoms. The third-order valence-corrected chi connectivity index (χ3v) is 5.71. The van der Waals surface area contributed by atoms with Crippen molar-refractivity contribution in [3.63, 3.8) is 0 Å². The number of piperidine rings is 1. The van der Waals surface area contributed by atoms with Gasteiger partial charge in [-0.1, -0.05) is 6.42 Å². The van der Waals surface area contributed by atoms with E-state index in [0.29, 0.717) is 4.90 Å². The van der Waals surface area contributed by atoms with Crippen LogP contribution < -0.4 is 0 Å². The van der Waals surface area contributed by atoms with Crippen LogP contribution in [-0.4, -0.2) is 41.3 Å². The number of rotatable bonds is 4. The minimum absolute atomic E-state index is 0.0769. The van der Waals surface area contributed by atoms with Gasteiger partial charge in [-0.2, -0.15) is 5.10 Å².